The topological polar surface area (TPSA) is 38.1 Å². The molecule has 1 aliphatic rings. The fourth-order valence-electron chi connectivity index (χ4n) is 2.20. The molecule has 2 aromatic rings. The first-order valence-electron chi connectivity index (χ1n) is 5.23. The molecule has 0 atom stereocenters. The number of hydrogen-bond acceptors (Lipinski definition) is 5. The largest absolute Gasteiger partial charge is 0.225 e. The number of rotatable bonds is 1. The molecule has 0 saturated heterocycles. The van der Waals surface area contributed by atoms with E-state index in [2.05, 4.69) is 32.3 Å². The highest BCUT2D eigenvalue weighted by Crippen LogP contribution is 2.38. The molecule has 16 heavy (non-hydrogen) atoms. The molecule has 0 fully saturated rings. The Kier molecular flexibility index (Phi) is 2.52. The average molecular weight is 247 g/mol. The molecule has 0 saturated carbocycles. The number of aryl methyl sites for hydroxylation is 2. The van der Waals surface area contributed by atoms with Gasteiger partial charge in [0.15, 0.2) is 5.82 Å². The van der Waals surface area contributed by atoms with E-state index in [1.54, 1.807) is 17.7 Å². The smallest absolute Gasteiger partial charge is 0.174 e. The molecule has 0 radical (unpaired) electrons. The number of thiocarbonyl (C=S) groups is 1. The summed E-state index contributed by atoms with van der Waals surface area (Å²) >= 11 is 6.42. The van der Waals surface area contributed by atoms with Gasteiger partial charge in [0.05, 0.1) is 10.5 Å². The maximum absolute atomic E-state index is 4.65. The Morgan fingerprint density at radius 3 is 3.06 bits per heavy atom. The van der Waals surface area contributed by atoms with Gasteiger partial charge in [-0.15, -0.1) is 11.3 Å². The van der Waals surface area contributed by atoms with Crippen LogP contribution in [0.5, 0.6) is 0 Å². The van der Waals surface area contributed by atoms with Gasteiger partial charge >= 0.3 is 0 Å². The highest BCUT2D eigenvalue weighted by atomic mass is 32.1. The predicted molar refractivity (Wildman–Crippen MR) is 68.7 cm³/mol. The van der Waals surface area contributed by atoms with Crippen LogP contribution in [0.15, 0.2) is 11.3 Å². The van der Waals surface area contributed by atoms with E-state index in [1.165, 1.54) is 23.3 Å². The van der Waals surface area contributed by atoms with Gasteiger partial charge in [0.2, 0.25) is 0 Å². The minimum Gasteiger partial charge on any atom is -0.225 e. The second-order valence-corrected chi connectivity index (χ2v) is 5.06. The Hall–Kier alpha value is -1.16. The quantitative estimate of drug-likeness (QED) is 0.573. The minimum atomic E-state index is 0.680. The van der Waals surface area contributed by atoms with Crippen molar-refractivity contribution in [3.8, 4) is 0 Å². The molecule has 0 spiro atoms. The van der Waals surface area contributed by atoms with Gasteiger partial charge in [-0.25, -0.2) is 9.97 Å². The van der Waals surface area contributed by atoms with E-state index in [1.807, 2.05) is 0 Å². The third-order valence-electron chi connectivity index (χ3n) is 2.88. The Bertz CT molecular complexity index is 597. The summed E-state index contributed by atoms with van der Waals surface area (Å²) in [5, 5.41) is 3.49. The van der Waals surface area contributed by atoms with E-state index in [9.17, 15) is 0 Å². The van der Waals surface area contributed by atoms with E-state index < -0.39 is 0 Å². The van der Waals surface area contributed by atoms with Crippen molar-refractivity contribution in [1.82, 2.24) is 9.97 Å². The molecular weight excluding hydrogens is 238 g/mol. The summed E-state index contributed by atoms with van der Waals surface area (Å²) in [5.41, 5.74) is 1.39. The van der Waals surface area contributed by atoms with Gasteiger partial charge in [0.1, 0.15) is 11.2 Å². The summed E-state index contributed by atoms with van der Waals surface area (Å²) in [6.45, 7) is 0. The van der Waals surface area contributed by atoms with Crippen LogP contribution >= 0.6 is 23.6 Å². The number of aromatic nitrogens is 2. The zero-order chi connectivity index (χ0) is 11.0. The molecular formula is C11H9N3S2. The van der Waals surface area contributed by atoms with E-state index in [0.29, 0.717) is 5.82 Å². The lowest BCUT2D eigenvalue weighted by molar-refractivity contribution is 0.700. The first kappa shape index (κ1) is 10.0. The van der Waals surface area contributed by atoms with E-state index in [4.69, 9.17) is 0 Å². The van der Waals surface area contributed by atoms with Crippen molar-refractivity contribution in [2.45, 2.75) is 25.7 Å². The van der Waals surface area contributed by atoms with Crippen LogP contribution in [0.1, 0.15) is 23.3 Å². The molecule has 0 bridgehead atoms. The molecule has 0 aromatic carbocycles. The van der Waals surface area contributed by atoms with Gasteiger partial charge in [-0.05, 0) is 43.5 Å². The van der Waals surface area contributed by atoms with Crippen LogP contribution in [-0.2, 0) is 12.8 Å². The van der Waals surface area contributed by atoms with E-state index in [-0.39, 0.29) is 0 Å². The molecule has 0 unspecified atom stereocenters. The first-order chi connectivity index (χ1) is 7.90. The Morgan fingerprint density at radius 1 is 1.31 bits per heavy atom. The van der Waals surface area contributed by atoms with Crippen molar-refractivity contribution < 1.29 is 0 Å². The van der Waals surface area contributed by atoms with Gasteiger partial charge < -0.3 is 0 Å². The van der Waals surface area contributed by atoms with Gasteiger partial charge in [-0.1, -0.05) is 0 Å². The SMILES string of the molecule is S=C=Nc1ncnc2sc3c(c12)CCCC3. The zero-order valence-corrected chi connectivity index (χ0v) is 10.2. The second kappa shape index (κ2) is 4.01. The molecule has 0 amide bonds. The molecule has 3 rings (SSSR count). The monoisotopic (exact) mass is 247 g/mol. The summed E-state index contributed by atoms with van der Waals surface area (Å²) in [7, 11) is 0. The van der Waals surface area contributed by atoms with Crippen LogP contribution in [0.25, 0.3) is 10.2 Å². The van der Waals surface area contributed by atoms with Crippen LogP contribution < -0.4 is 0 Å². The van der Waals surface area contributed by atoms with Crippen molar-refractivity contribution in [2.24, 2.45) is 4.99 Å². The van der Waals surface area contributed by atoms with Crippen LogP contribution in [-0.4, -0.2) is 15.1 Å². The van der Waals surface area contributed by atoms with E-state index >= 15 is 0 Å². The number of aliphatic imine (C=N–C) groups is 1. The molecule has 0 aliphatic heterocycles. The highest BCUT2D eigenvalue weighted by Gasteiger charge is 2.19. The van der Waals surface area contributed by atoms with Gasteiger partial charge in [0, 0.05) is 4.88 Å². The fraction of sp³-hybridized carbons (Fsp3) is 0.364. The summed E-state index contributed by atoms with van der Waals surface area (Å²) in [6.07, 6.45) is 6.35. The lowest BCUT2D eigenvalue weighted by atomic mass is 9.97. The molecule has 2 aromatic heterocycles. The second-order valence-electron chi connectivity index (χ2n) is 3.79. The Labute approximate surface area is 102 Å². The Balaban J connectivity index is 2.36. The Morgan fingerprint density at radius 2 is 2.19 bits per heavy atom. The lowest BCUT2D eigenvalue weighted by Crippen LogP contribution is -1.98. The van der Waals surface area contributed by atoms with Crippen LogP contribution in [0, 0.1) is 0 Å². The van der Waals surface area contributed by atoms with Crippen molar-refractivity contribution in [3.05, 3.63) is 16.8 Å². The molecule has 3 nitrogen and oxygen atoms in total. The molecule has 80 valence electrons. The van der Waals surface area contributed by atoms with Crippen molar-refractivity contribution in [1.29, 1.82) is 0 Å². The first-order valence-corrected chi connectivity index (χ1v) is 6.46. The predicted octanol–water partition coefficient (Wildman–Crippen LogP) is 3.30. The third-order valence-corrected chi connectivity index (χ3v) is 4.17. The maximum Gasteiger partial charge on any atom is 0.174 e. The highest BCUT2D eigenvalue weighted by molar-refractivity contribution is 7.78. The number of fused-ring (bicyclic) bond motifs is 3. The van der Waals surface area contributed by atoms with Gasteiger partial charge in [-0.3, -0.25) is 0 Å². The molecule has 2 heterocycles. The van der Waals surface area contributed by atoms with Gasteiger partial charge in [0.25, 0.3) is 0 Å². The summed E-state index contributed by atoms with van der Waals surface area (Å²) in [4.78, 5) is 15.0. The lowest BCUT2D eigenvalue weighted by Gasteiger charge is -2.10. The standard InChI is InChI=1S/C11H9N3S2/c15-6-14-10-9-7-3-1-2-4-8(7)16-11(9)13-5-12-10/h5H,1-4H2. The normalized spacial score (nSPS) is 14.5. The molecule has 0 N–H and O–H groups in total. The number of hydrogen-bond donors (Lipinski definition) is 0. The summed E-state index contributed by atoms with van der Waals surface area (Å²) in [6, 6.07) is 0. The zero-order valence-electron chi connectivity index (χ0n) is 8.56. The minimum absolute atomic E-state index is 0.680. The average Bonchev–Trinajstić information content (AvgIpc) is 2.68. The van der Waals surface area contributed by atoms with Gasteiger partial charge in [-0.2, -0.15) is 4.99 Å². The van der Waals surface area contributed by atoms with E-state index in [0.717, 1.165) is 23.1 Å². The third kappa shape index (κ3) is 1.48. The number of nitrogens with zero attached hydrogens (tertiary/aromatic N) is 3. The summed E-state index contributed by atoms with van der Waals surface area (Å²) < 4.78 is 0. The summed E-state index contributed by atoms with van der Waals surface area (Å²) in [5.74, 6) is 0.680. The van der Waals surface area contributed by atoms with Crippen LogP contribution in [0.4, 0.5) is 5.82 Å². The number of isothiocyanates is 1. The van der Waals surface area contributed by atoms with Crippen LogP contribution in [0.3, 0.4) is 0 Å². The van der Waals surface area contributed by atoms with Crippen molar-refractivity contribution >= 4 is 44.8 Å². The number of thiophene rings is 1. The van der Waals surface area contributed by atoms with Crippen molar-refractivity contribution in [2.75, 3.05) is 0 Å². The van der Waals surface area contributed by atoms with Crippen LogP contribution in [0.2, 0.25) is 0 Å². The van der Waals surface area contributed by atoms with Crippen molar-refractivity contribution in [3.63, 3.8) is 0 Å². The molecule has 1 aliphatic carbocycles. The molecule has 5 heteroatoms. The fourth-order valence-corrected chi connectivity index (χ4v) is 3.51. The maximum atomic E-state index is 4.65.